The summed E-state index contributed by atoms with van der Waals surface area (Å²) < 4.78 is 4.87. The predicted octanol–water partition coefficient (Wildman–Crippen LogP) is 2.76. The Morgan fingerprint density at radius 2 is 1.77 bits per heavy atom. The maximum absolute atomic E-state index is 12.6. The number of likely N-dealkylation sites (tertiary alicyclic amines) is 1. The van der Waals surface area contributed by atoms with E-state index in [0.717, 1.165) is 25.2 Å². The van der Waals surface area contributed by atoms with Crippen LogP contribution in [0.25, 0.3) is 0 Å². The Labute approximate surface area is 132 Å². The van der Waals surface area contributed by atoms with Crippen molar-refractivity contribution in [1.29, 1.82) is 0 Å². The normalized spacial score (nSPS) is 49.8. The first-order chi connectivity index (χ1) is 10.3. The van der Waals surface area contributed by atoms with E-state index in [1.807, 2.05) is 0 Å². The zero-order valence-corrected chi connectivity index (χ0v) is 14.0. The van der Waals surface area contributed by atoms with Crippen LogP contribution in [0, 0.1) is 22.7 Å². The standard InChI is InChI=1S/C18H27NO3/c1-16-5-12-6-17(2,9-16)11-18(7-12,10-16)19-8-13(4-14(19)20)15(21)22-3/h12-13H,4-11H2,1-3H3/t12?,13-,16-,17-,18?/m1/s1. The molecule has 5 fully saturated rings. The van der Waals surface area contributed by atoms with Gasteiger partial charge in [-0.05, 0) is 55.3 Å². The van der Waals surface area contributed by atoms with Gasteiger partial charge in [-0.2, -0.15) is 0 Å². The lowest BCUT2D eigenvalue weighted by Gasteiger charge is -2.67. The third kappa shape index (κ3) is 1.95. The van der Waals surface area contributed by atoms with Crippen LogP contribution in [-0.2, 0) is 14.3 Å². The van der Waals surface area contributed by atoms with Crippen LogP contribution >= 0.6 is 0 Å². The van der Waals surface area contributed by atoms with Crippen LogP contribution in [0.5, 0.6) is 0 Å². The fourth-order valence-corrected chi connectivity index (χ4v) is 7.18. The van der Waals surface area contributed by atoms with Crippen molar-refractivity contribution in [1.82, 2.24) is 4.90 Å². The maximum Gasteiger partial charge on any atom is 0.310 e. The number of carbonyl (C=O) groups is 2. The molecule has 0 radical (unpaired) electrons. The Hall–Kier alpha value is -1.06. The number of esters is 1. The average Bonchev–Trinajstić information content (AvgIpc) is 2.76. The van der Waals surface area contributed by atoms with Crippen molar-refractivity contribution >= 4 is 11.9 Å². The minimum atomic E-state index is -0.258. The summed E-state index contributed by atoms with van der Waals surface area (Å²) in [6.07, 6.45) is 7.71. The molecule has 1 aliphatic heterocycles. The van der Waals surface area contributed by atoms with Crippen LogP contribution in [0.4, 0.5) is 0 Å². The lowest BCUT2D eigenvalue weighted by atomic mass is 9.42. The second-order valence-corrected chi connectivity index (χ2v) is 9.28. The summed E-state index contributed by atoms with van der Waals surface area (Å²) in [7, 11) is 1.42. The van der Waals surface area contributed by atoms with Crippen molar-refractivity contribution in [3.05, 3.63) is 0 Å². The minimum Gasteiger partial charge on any atom is -0.469 e. The summed E-state index contributed by atoms with van der Waals surface area (Å²) >= 11 is 0. The fourth-order valence-electron chi connectivity index (χ4n) is 7.18. The van der Waals surface area contributed by atoms with Crippen molar-refractivity contribution in [2.75, 3.05) is 13.7 Å². The van der Waals surface area contributed by atoms with Gasteiger partial charge in [-0.25, -0.2) is 0 Å². The molecule has 22 heavy (non-hydrogen) atoms. The second kappa shape index (κ2) is 4.27. The summed E-state index contributed by atoms with van der Waals surface area (Å²) in [5, 5.41) is 0. The largest absolute Gasteiger partial charge is 0.469 e. The van der Waals surface area contributed by atoms with Gasteiger partial charge in [-0.3, -0.25) is 9.59 Å². The third-order valence-corrected chi connectivity index (χ3v) is 6.83. The molecule has 4 aliphatic carbocycles. The Morgan fingerprint density at radius 1 is 1.14 bits per heavy atom. The molecule has 1 heterocycles. The van der Waals surface area contributed by atoms with Crippen LogP contribution < -0.4 is 0 Å². The second-order valence-electron chi connectivity index (χ2n) is 9.28. The Morgan fingerprint density at radius 3 is 2.32 bits per heavy atom. The van der Waals surface area contributed by atoms with E-state index in [-0.39, 0.29) is 23.3 Å². The molecule has 0 unspecified atom stereocenters. The van der Waals surface area contributed by atoms with E-state index in [0.29, 0.717) is 23.8 Å². The van der Waals surface area contributed by atoms with Gasteiger partial charge in [0, 0.05) is 18.5 Å². The molecule has 1 saturated heterocycles. The SMILES string of the molecule is COC(=O)[C@@H]1CC(=O)N(C23CC4C[C@@](C)(C2)C[C@@](C)(C4)C3)C1. The molecule has 3 atom stereocenters. The molecule has 4 heteroatoms. The summed E-state index contributed by atoms with van der Waals surface area (Å²) in [6, 6.07) is 0. The predicted molar refractivity (Wildman–Crippen MR) is 82.0 cm³/mol. The van der Waals surface area contributed by atoms with Gasteiger partial charge < -0.3 is 9.64 Å². The summed E-state index contributed by atoms with van der Waals surface area (Å²) in [4.78, 5) is 26.6. The lowest BCUT2D eigenvalue weighted by molar-refractivity contribution is -0.170. The minimum absolute atomic E-state index is 0.0166. The number of hydrogen-bond donors (Lipinski definition) is 0. The molecule has 1 amide bonds. The third-order valence-electron chi connectivity index (χ3n) is 6.83. The van der Waals surface area contributed by atoms with E-state index < -0.39 is 0 Å². The van der Waals surface area contributed by atoms with Gasteiger partial charge in [0.15, 0.2) is 0 Å². The topological polar surface area (TPSA) is 46.6 Å². The van der Waals surface area contributed by atoms with Gasteiger partial charge in [-0.15, -0.1) is 0 Å². The molecular weight excluding hydrogens is 278 g/mol. The first-order valence-electron chi connectivity index (χ1n) is 8.65. The van der Waals surface area contributed by atoms with Crippen molar-refractivity contribution < 1.29 is 14.3 Å². The molecule has 0 aromatic rings. The summed E-state index contributed by atoms with van der Waals surface area (Å²) in [6.45, 7) is 5.41. The quantitative estimate of drug-likeness (QED) is 0.737. The highest BCUT2D eigenvalue weighted by Crippen LogP contribution is 2.68. The molecule has 5 aliphatic rings. The Bertz CT molecular complexity index is 524. The van der Waals surface area contributed by atoms with E-state index in [2.05, 4.69) is 18.7 Å². The number of rotatable bonds is 2. The molecule has 0 N–H and O–H groups in total. The molecule has 4 bridgehead atoms. The van der Waals surface area contributed by atoms with Gasteiger partial charge in [0.2, 0.25) is 5.91 Å². The number of methoxy groups -OCH3 is 1. The van der Waals surface area contributed by atoms with Crippen LogP contribution in [0.15, 0.2) is 0 Å². The number of amides is 1. The van der Waals surface area contributed by atoms with Gasteiger partial charge in [0.25, 0.3) is 0 Å². The van der Waals surface area contributed by atoms with E-state index in [1.54, 1.807) is 0 Å². The van der Waals surface area contributed by atoms with Crippen LogP contribution in [0.3, 0.4) is 0 Å². The Kier molecular flexibility index (Phi) is 2.82. The number of ether oxygens (including phenoxy) is 1. The van der Waals surface area contributed by atoms with Crippen LogP contribution in [-0.4, -0.2) is 36.0 Å². The highest BCUT2D eigenvalue weighted by Gasteiger charge is 2.63. The van der Waals surface area contributed by atoms with E-state index >= 15 is 0 Å². The van der Waals surface area contributed by atoms with Crippen molar-refractivity contribution in [3.63, 3.8) is 0 Å². The zero-order valence-electron chi connectivity index (χ0n) is 14.0. The highest BCUT2D eigenvalue weighted by molar-refractivity contribution is 5.87. The summed E-state index contributed by atoms with van der Waals surface area (Å²) in [5.41, 5.74) is 0.790. The van der Waals surface area contributed by atoms with E-state index in [1.165, 1.54) is 26.4 Å². The Balaban J connectivity index is 1.65. The lowest BCUT2D eigenvalue weighted by Crippen LogP contribution is -2.65. The van der Waals surface area contributed by atoms with Crippen molar-refractivity contribution in [2.45, 2.75) is 64.3 Å². The zero-order chi connectivity index (χ0) is 15.8. The van der Waals surface area contributed by atoms with E-state index in [4.69, 9.17) is 4.74 Å². The van der Waals surface area contributed by atoms with Gasteiger partial charge in [0.1, 0.15) is 0 Å². The van der Waals surface area contributed by atoms with Gasteiger partial charge in [-0.1, -0.05) is 13.8 Å². The molecular formula is C18H27NO3. The highest BCUT2D eigenvalue weighted by atomic mass is 16.5. The van der Waals surface area contributed by atoms with Crippen LogP contribution in [0.2, 0.25) is 0 Å². The van der Waals surface area contributed by atoms with E-state index in [9.17, 15) is 9.59 Å². The summed E-state index contributed by atoms with van der Waals surface area (Å²) in [5.74, 6) is 0.449. The maximum atomic E-state index is 12.6. The first kappa shape index (κ1) is 14.5. The first-order valence-corrected chi connectivity index (χ1v) is 8.65. The average molecular weight is 305 g/mol. The molecule has 122 valence electrons. The number of carbonyl (C=O) groups excluding carboxylic acids is 2. The fraction of sp³-hybridized carbons (Fsp3) is 0.889. The molecule has 5 rings (SSSR count). The van der Waals surface area contributed by atoms with Crippen molar-refractivity contribution in [2.24, 2.45) is 22.7 Å². The smallest absolute Gasteiger partial charge is 0.310 e. The molecule has 0 spiro atoms. The number of nitrogens with zero attached hydrogens (tertiary/aromatic N) is 1. The monoisotopic (exact) mass is 305 g/mol. The van der Waals surface area contributed by atoms with Crippen LogP contribution in [0.1, 0.15) is 58.8 Å². The van der Waals surface area contributed by atoms with Gasteiger partial charge >= 0.3 is 5.97 Å². The molecule has 0 aromatic carbocycles. The molecule has 4 nitrogen and oxygen atoms in total. The van der Waals surface area contributed by atoms with Crippen molar-refractivity contribution in [3.8, 4) is 0 Å². The van der Waals surface area contributed by atoms with Gasteiger partial charge in [0.05, 0.1) is 13.0 Å². The molecule has 0 aromatic heterocycles. The molecule has 4 saturated carbocycles. The number of hydrogen-bond acceptors (Lipinski definition) is 3.